The molecule has 3 heterocycles. The molecule has 5 nitrogen and oxygen atoms in total. The fraction of sp³-hybridized carbons (Fsp3) is 0.706. The van der Waals surface area contributed by atoms with Gasteiger partial charge in [-0.15, -0.1) is 0 Å². The van der Waals surface area contributed by atoms with Gasteiger partial charge in [-0.1, -0.05) is 6.07 Å². The molecule has 1 spiro atoms. The molecule has 1 aromatic rings. The molecule has 1 unspecified atom stereocenters. The van der Waals surface area contributed by atoms with Gasteiger partial charge in [0, 0.05) is 45.0 Å². The largest absolute Gasteiger partial charge is 0.377 e. The molecular weight excluding hydrogens is 278 g/mol. The molecule has 3 rings (SSSR count). The van der Waals surface area contributed by atoms with E-state index in [1.807, 2.05) is 18.3 Å². The Bertz CT molecular complexity index is 468. The van der Waals surface area contributed by atoms with Crippen LogP contribution >= 0.6 is 0 Å². The maximum atomic E-state index is 6.21. The Hall–Kier alpha value is -1.01. The van der Waals surface area contributed by atoms with Crippen LogP contribution < -0.4 is 0 Å². The van der Waals surface area contributed by atoms with Gasteiger partial charge in [0.25, 0.3) is 0 Å². The van der Waals surface area contributed by atoms with E-state index in [0.29, 0.717) is 12.6 Å². The van der Waals surface area contributed by atoms with Gasteiger partial charge < -0.3 is 9.47 Å². The number of hydrogen-bond donors (Lipinski definition) is 0. The normalized spacial score (nSPS) is 28.1. The molecule has 1 atom stereocenters. The summed E-state index contributed by atoms with van der Waals surface area (Å²) in [4.78, 5) is 9.36. The average Bonchev–Trinajstić information content (AvgIpc) is 2.71. The number of hydrogen-bond acceptors (Lipinski definition) is 5. The van der Waals surface area contributed by atoms with Crippen molar-refractivity contribution in [2.24, 2.45) is 0 Å². The third-order valence-electron chi connectivity index (χ3n) is 4.55. The Balaban J connectivity index is 1.68. The quantitative estimate of drug-likeness (QED) is 0.844. The number of morpholine rings is 1. The number of aromatic nitrogens is 1. The van der Waals surface area contributed by atoms with E-state index in [1.165, 1.54) is 0 Å². The summed E-state index contributed by atoms with van der Waals surface area (Å²) >= 11 is 0. The fourth-order valence-electron chi connectivity index (χ4n) is 3.34. The van der Waals surface area contributed by atoms with Crippen molar-refractivity contribution in [2.45, 2.75) is 32.0 Å². The second-order valence-corrected chi connectivity index (χ2v) is 6.68. The Labute approximate surface area is 133 Å². The Morgan fingerprint density at radius 1 is 1.23 bits per heavy atom. The van der Waals surface area contributed by atoms with E-state index in [2.05, 4.69) is 34.7 Å². The standard InChI is InChI=1S/C17H27N3O2/c1-15(2)20-8-9-21-14-17(13-20)12-19(7-10-22-17)11-16-5-3-4-6-18-16/h3-6,15H,7-14H2,1-2H3. The first-order valence-corrected chi connectivity index (χ1v) is 8.25. The highest BCUT2D eigenvalue weighted by Crippen LogP contribution is 2.24. The van der Waals surface area contributed by atoms with E-state index in [-0.39, 0.29) is 5.60 Å². The number of nitrogens with zero attached hydrogens (tertiary/aromatic N) is 3. The van der Waals surface area contributed by atoms with Crippen molar-refractivity contribution >= 4 is 0 Å². The minimum atomic E-state index is -0.201. The smallest absolute Gasteiger partial charge is 0.117 e. The fourth-order valence-corrected chi connectivity index (χ4v) is 3.34. The van der Waals surface area contributed by atoms with Crippen molar-refractivity contribution in [1.29, 1.82) is 0 Å². The third-order valence-corrected chi connectivity index (χ3v) is 4.55. The number of ether oxygens (including phenoxy) is 2. The summed E-state index contributed by atoms with van der Waals surface area (Å²) in [6.45, 7) is 11.4. The second-order valence-electron chi connectivity index (χ2n) is 6.68. The molecule has 2 saturated heterocycles. The van der Waals surface area contributed by atoms with Crippen LogP contribution in [-0.2, 0) is 16.0 Å². The highest BCUT2D eigenvalue weighted by atomic mass is 16.5. The molecule has 0 aliphatic carbocycles. The van der Waals surface area contributed by atoms with Crippen LogP contribution in [0.4, 0.5) is 0 Å². The van der Waals surface area contributed by atoms with Gasteiger partial charge in [0.1, 0.15) is 5.60 Å². The first kappa shape index (κ1) is 15.9. The minimum absolute atomic E-state index is 0.201. The van der Waals surface area contributed by atoms with E-state index in [9.17, 15) is 0 Å². The van der Waals surface area contributed by atoms with Crippen molar-refractivity contribution in [3.8, 4) is 0 Å². The lowest BCUT2D eigenvalue weighted by Gasteiger charge is -2.44. The monoisotopic (exact) mass is 305 g/mol. The topological polar surface area (TPSA) is 37.8 Å². The van der Waals surface area contributed by atoms with Gasteiger partial charge in [-0.25, -0.2) is 0 Å². The Morgan fingerprint density at radius 3 is 2.91 bits per heavy atom. The molecule has 2 aliphatic rings. The molecule has 22 heavy (non-hydrogen) atoms. The van der Waals surface area contributed by atoms with E-state index in [4.69, 9.17) is 9.47 Å². The van der Waals surface area contributed by atoms with Crippen LogP contribution in [0.2, 0.25) is 0 Å². The number of rotatable bonds is 3. The maximum Gasteiger partial charge on any atom is 0.117 e. The molecular formula is C17H27N3O2. The van der Waals surface area contributed by atoms with Crippen LogP contribution in [0.15, 0.2) is 24.4 Å². The number of pyridine rings is 1. The van der Waals surface area contributed by atoms with Crippen LogP contribution in [0.1, 0.15) is 19.5 Å². The first-order chi connectivity index (χ1) is 10.7. The minimum Gasteiger partial charge on any atom is -0.377 e. The van der Waals surface area contributed by atoms with Gasteiger partial charge in [-0.2, -0.15) is 0 Å². The second kappa shape index (κ2) is 7.04. The van der Waals surface area contributed by atoms with E-state index < -0.39 is 0 Å². The summed E-state index contributed by atoms with van der Waals surface area (Å²) in [6.07, 6.45) is 1.86. The summed E-state index contributed by atoms with van der Waals surface area (Å²) in [7, 11) is 0. The van der Waals surface area contributed by atoms with Crippen molar-refractivity contribution in [3.63, 3.8) is 0 Å². The lowest BCUT2D eigenvalue weighted by atomic mass is 10.0. The van der Waals surface area contributed by atoms with Crippen LogP contribution in [0, 0.1) is 0 Å². The summed E-state index contributed by atoms with van der Waals surface area (Å²) in [5.74, 6) is 0. The molecule has 0 radical (unpaired) electrons. The van der Waals surface area contributed by atoms with Crippen LogP contribution in [-0.4, -0.2) is 72.4 Å². The first-order valence-electron chi connectivity index (χ1n) is 8.25. The molecule has 0 saturated carbocycles. The van der Waals surface area contributed by atoms with E-state index in [1.54, 1.807) is 0 Å². The highest BCUT2D eigenvalue weighted by Gasteiger charge is 2.40. The maximum absolute atomic E-state index is 6.21. The van der Waals surface area contributed by atoms with Gasteiger partial charge in [-0.3, -0.25) is 14.8 Å². The predicted octanol–water partition coefficient (Wildman–Crippen LogP) is 1.39. The zero-order valence-electron chi connectivity index (χ0n) is 13.7. The van der Waals surface area contributed by atoms with Gasteiger partial charge in [0.2, 0.25) is 0 Å². The van der Waals surface area contributed by atoms with Crippen molar-refractivity contribution < 1.29 is 9.47 Å². The van der Waals surface area contributed by atoms with Crippen molar-refractivity contribution in [2.75, 3.05) is 46.0 Å². The molecule has 2 aliphatic heterocycles. The zero-order chi connectivity index (χ0) is 15.4. The molecule has 0 N–H and O–H groups in total. The van der Waals surface area contributed by atoms with Crippen LogP contribution in [0.5, 0.6) is 0 Å². The Kier molecular flexibility index (Phi) is 5.08. The summed E-state index contributed by atoms with van der Waals surface area (Å²) in [5.41, 5.74) is 0.920. The molecule has 1 aromatic heterocycles. The van der Waals surface area contributed by atoms with Gasteiger partial charge in [0.05, 0.1) is 25.5 Å². The average molecular weight is 305 g/mol. The van der Waals surface area contributed by atoms with Crippen molar-refractivity contribution in [1.82, 2.24) is 14.8 Å². The molecule has 0 amide bonds. The predicted molar refractivity (Wildman–Crippen MR) is 85.7 cm³/mol. The molecule has 2 fully saturated rings. The molecule has 5 heteroatoms. The summed E-state index contributed by atoms with van der Waals surface area (Å²) in [6, 6.07) is 6.62. The zero-order valence-corrected chi connectivity index (χ0v) is 13.7. The van der Waals surface area contributed by atoms with Crippen molar-refractivity contribution in [3.05, 3.63) is 30.1 Å². The molecule has 122 valence electrons. The summed E-state index contributed by atoms with van der Waals surface area (Å²) < 4.78 is 12.1. The lowest BCUT2D eigenvalue weighted by Crippen LogP contribution is -2.59. The SMILES string of the molecule is CC(C)N1CCOCC2(CN(Cc3ccccn3)CCO2)C1. The van der Waals surface area contributed by atoms with Gasteiger partial charge in [-0.05, 0) is 26.0 Å². The van der Waals surface area contributed by atoms with Crippen LogP contribution in [0.25, 0.3) is 0 Å². The highest BCUT2D eigenvalue weighted by molar-refractivity contribution is 5.04. The van der Waals surface area contributed by atoms with Gasteiger partial charge >= 0.3 is 0 Å². The molecule has 0 aromatic carbocycles. The summed E-state index contributed by atoms with van der Waals surface area (Å²) in [5, 5.41) is 0. The van der Waals surface area contributed by atoms with E-state index >= 15 is 0 Å². The lowest BCUT2D eigenvalue weighted by molar-refractivity contribution is -0.144. The third kappa shape index (κ3) is 3.84. The van der Waals surface area contributed by atoms with Gasteiger partial charge in [0.15, 0.2) is 0 Å². The van der Waals surface area contributed by atoms with Crippen LogP contribution in [0.3, 0.4) is 0 Å². The molecule has 0 bridgehead atoms. The Morgan fingerprint density at radius 2 is 2.14 bits per heavy atom. The van der Waals surface area contributed by atoms with E-state index in [0.717, 1.165) is 51.6 Å².